The van der Waals surface area contributed by atoms with E-state index in [0.717, 1.165) is 61.6 Å². The van der Waals surface area contributed by atoms with Crippen molar-refractivity contribution in [2.75, 3.05) is 42.9 Å². The number of nitrogens with zero attached hydrogens (tertiary/aromatic N) is 4. The smallest absolute Gasteiger partial charge is 0.136 e. The van der Waals surface area contributed by atoms with Gasteiger partial charge in [-0.25, -0.2) is 9.97 Å². The molecule has 0 saturated carbocycles. The molecule has 0 amide bonds. The first-order valence-electron chi connectivity index (χ1n) is 9.40. The maximum Gasteiger partial charge on any atom is 0.136 e. The summed E-state index contributed by atoms with van der Waals surface area (Å²) in [4.78, 5) is 14.0. The van der Waals surface area contributed by atoms with Crippen LogP contribution in [0.3, 0.4) is 0 Å². The van der Waals surface area contributed by atoms with Gasteiger partial charge in [0.15, 0.2) is 0 Å². The van der Waals surface area contributed by atoms with Crippen LogP contribution in [0, 0.1) is 6.92 Å². The van der Waals surface area contributed by atoms with Gasteiger partial charge in [-0.2, -0.15) is 0 Å². The molecular formula is C20H29N5O. The predicted octanol–water partition coefficient (Wildman–Crippen LogP) is 3.46. The molecule has 0 aliphatic carbocycles. The summed E-state index contributed by atoms with van der Waals surface area (Å²) in [6.45, 7) is 13.5. The second-order valence-corrected chi connectivity index (χ2v) is 6.90. The zero-order valence-corrected chi connectivity index (χ0v) is 16.2. The lowest BCUT2D eigenvalue weighted by Gasteiger charge is -2.34. The van der Waals surface area contributed by atoms with Crippen molar-refractivity contribution in [2.24, 2.45) is 0 Å². The molecule has 1 N–H and O–H groups in total. The fraction of sp³-hybridized carbons (Fsp3) is 0.500. The van der Waals surface area contributed by atoms with Gasteiger partial charge in [0.25, 0.3) is 0 Å². The van der Waals surface area contributed by atoms with Crippen molar-refractivity contribution in [3.05, 3.63) is 36.2 Å². The Bertz CT molecular complexity index is 709. The topological polar surface area (TPSA) is 53.5 Å². The van der Waals surface area contributed by atoms with Crippen molar-refractivity contribution in [2.45, 2.75) is 33.8 Å². The molecule has 0 atom stereocenters. The van der Waals surface area contributed by atoms with Gasteiger partial charge in [0.1, 0.15) is 23.2 Å². The first-order chi connectivity index (χ1) is 12.5. The molecule has 3 rings (SSSR count). The van der Waals surface area contributed by atoms with Crippen molar-refractivity contribution in [3.8, 4) is 5.75 Å². The van der Waals surface area contributed by atoms with Crippen molar-refractivity contribution < 1.29 is 4.74 Å². The molecule has 140 valence electrons. The minimum Gasteiger partial charge on any atom is -0.491 e. The maximum atomic E-state index is 5.69. The first kappa shape index (κ1) is 18.5. The number of piperazine rings is 1. The number of hydrogen-bond donors (Lipinski definition) is 1. The first-order valence-corrected chi connectivity index (χ1v) is 9.40. The second-order valence-electron chi connectivity index (χ2n) is 6.90. The lowest BCUT2D eigenvalue weighted by molar-refractivity contribution is 0.242. The Morgan fingerprint density at radius 1 is 1.08 bits per heavy atom. The molecule has 0 bridgehead atoms. The fourth-order valence-corrected chi connectivity index (χ4v) is 3.11. The van der Waals surface area contributed by atoms with E-state index in [9.17, 15) is 0 Å². The van der Waals surface area contributed by atoms with Crippen LogP contribution in [0.5, 0.6) is 5.75 Å². The van der Waals surface area contributed by atoms with Gasteiger partial charge < -0.3 is 19.9 Å². The van der Waals surface area contributed by atoms with Crippen LogP contribution in [0.4, 0.5) is 17.3 Å². The van der Waals surface area contributed by atoms with Crippen LogP contribution in [-0.2, 0) is 0 Å². The Kier molecular flexibility index (Phi) is 5.93. The van der Waals surface area contributed by atoms with Gasteiger partial charge in [0, 0.05) is 37.9 Å². The third kappa shape index (κ3) is 4.85. The molecule has 1 aromatic carbocycles. The van der Waals surface area contributed by atoms with E-state index in [4.69, 9.17) is 4.74 Å². The van der Waals surface area contributed by atoms with Crippen LogP contribution in [0.2, 0.25) is 0 Å². The van der Waals surface area contributed by atoms with Gasteiger partial charge >= 0.3 is 0 Å². The average molecular weight is 355 g/mol. The van der Waals surface area contributed by atoms with Crippen LogP contribution in [0.25, 0.3) is 0 Å². The maximum absolute atomic E-state index is 5.69. The lowest BCUT2D eigenvalue weighted by atomic mass is 10.3. The SMILES string of the molecule is CCN1CCN(c2cc(Nc3ccc(OC(C)C)cc3)nc(C)n2)CC1. The van der Waals surface area contributed by atoms with Crippen molar-refractivity contribution >= 4 is 17.3 Å². The number of nitrogens with one attached hydrogen (secondary N) is 1. The number of hydrogen-bond acceptors (Lipinski definition) is 6. The molecule has 1 saturated heterocycles. The van der Waals surface area contributed by atoms with E-state index in [1.165, 1.54) is 0 Å². The summed E-state index contributed by atoms with van der Waals surface area (Å²) in [6.07, 6.45) is 0.175. The summed E-state index contributed by atoms with van der Waals surface area (Å²) in [5, 5.41) is 3.38. The summed E-state index contributed by atoms with van der Waals surface area (Å²) >= 11 is 0. The highest BCUT2D eigenvalue weighted by Crippen LogP contribution is 2.23. The van der Waals surface area contributed by atoms with Crippen LogP contribution >= 0.6 is 0 Å². The van der Waals surface area contributed by atoms with E-state index in [1.54, 1.807) is 0 Å². The molecular weight excluding hydrogens is 326 g/mol. The van der Waals surface area contributed by atoms with Crippen molar-refractivity contribution in [1.29, 1.82) is 0 Å². The molecule has 1 aliphatic heterocycles. The fourth-order valence-electron chi connectivity index (χ4n) is 3.11. The van der Waals surface area contributed by atoms with Gasteiger partial charge in [-0.1, -0.05) is 6.92 Å². The van der Waals surface area contributed by atoms with E-state index in [1.807, 2.05) is 51.1 Å². The Labute approximate surface area is 156 Å². The van der Waals surface area contributed by atoms with E-state index in [0.29, 0.717) is 0 Å². The Balaban J connectivity index is 1.69. The monoisotopic (exact) mass is 355 g/mol. The summed E-state index contributed by atoms with van der Waals surface area (Å²) in [5.74, 6) is 3.47. The number of aromatic nitrogens is 2. The molecule has 2 aromatic rings. The zero-order chi connectivity index (χ0) is 18.5. The molecule has 0 radical (unpaired) electrons. The number of rotatable bonds is 6. The highest BCUT2D eigenvalue weighted by atomic mass is 16.5. The summed E-state index contributed by atoms with van der Waals surface area (Å²) in [5.41, 5.74) is 0.987. The molecule has 1 aromatic heterocycles. The molecule has 26 heavy (non-hydrogen) atoms. The second kappa shape index (κ2) is 8.36. The third-order valence-electron chi connectivity index (χ3n) is 4.47. The number of ether oxygens (including phenoxy) is 1. The molecule has 6 nitrogen and oxygen atoms in total. The van der Waals surface area contributed by atoms with Crippen molar-refractivity contribution in [1.82, 2.24) is 14.9 Å². The summed E-state index contributed by atoms with van der Waals surface area (Å²) < 4.78 is 5.69. The summed E-state index contributed by atoms with van der Waals surface area (Å²) in [7, 11) is 0. The number of aryl methyl sites for hydroxylation is 1. The average Bonchev–Trinajstić information content (AvgIpc) is 2.62. The van der Waals surface area contributed by atoms with E-state index in [2.05, 4.69) is 32.0 Å². The van der Waals surface area contributed by atoms with E-state index < -0.39 is 0 Å². The van der Waals surface area contributed by atoms with E-state index >= 15 is 0 Å². The van der Waals surface area contributed by atoms with Crippen LogP contribution in [0.1, 0.15) is 26.6 Å². The number of likely N-dealkylation sites (N-methyl/N-ethyl adjacent to an activating group) is 1. The minimum absolute atomic E-state index is 0.175. The molecule has 0 spiro atoms. The molecule has 1 aliphatic rings. The molecule has 0 unspecified atom stereocenters. The highest BCUT2D eigenvalue weighted by Gasteiger charge is 2.17. The van der Waals surface area contributed by atoms with Crippen LogP contribution in [0.15, 0.2) is 30.3 Å². The Hall–Kier alpha value is -2.34. The standard InChI is InChI=1S/C20H29N5O/c1-5-24-10-12-25(13-11-24)20-14-19(21-16(4)22-20)23-17-6-8-18(9-7-17)26-15(2)3/h6-9,14-15H,5,10-13H2,1-4H3,(H,21,22,23). The van der Waals surface area contributed by atoms with Gasteiger partial charge in [0.2, 0.25) is 0 Å². The minimum atomic E-state index is 0.175. The molecule has 2 heterocycles. The van der Waals surface area contributed by atoms with Gasteiger partial charge in [-0.3, -0.25) is 0 Å². The van der Waals surface area contributed by atoms with Gasteiger partial charge in [-0.05, 0) is 51.6 Å². The lowest BCUT2D eigenvalue weighted by Crippen LogP contribution is -2.46. The Morgan fingerprint density at radius 2 is 1.77 bits per heavy atom. The molecule has 6 heteroatoms. The van der Waals surface area contributed by atoms with Gasteiger partial charge in [0.05, 0.1) is 6.10 Å². The zero-order valence-electron chi connectivity index (χ0n) is 16.2. The highest BCUT2D eigenvalue weighted by molar-refractivity contribution is 5.60. The predicted molar refractivity (Wildman–Crippen MR) is 107 cm³/mol. The summed E-state index contributed by atoms with van der Waals surface area (Å²) in [6, 6.07) is 10.00. The van der Waals surface area contributed by atoms with Crippen LogP contribution in [-0.4, -0.2) is 53.7 Å². The largest absolute Gasteiger partial charge is 0.491 e. The van der Waals surface area contributed by atoms with Crippen LogP contribution < -0.4 is 15.0 Å². The Morgan fingerprint density at radius 3 is 2.38 bits per heavy atom. The number of anilines is 3. The van der Waals surface area contributed by atoms with E-state index in [-0.39, 0.29) is 6.10 Å². The molecule has 1 fully saturated rings. The number of benzene rings is 1. The third-order valence-corrected chi connectivity index (χ3v) is 4.47. The normalized spacial score (nSPS) is 15.3. The van der Waals surface area contributed by atoms with Crippen molar-refractivity contribution in [3.63, 3.8) is 0 Å². The quantitative estimate of drug-likeness (QED) is 0.856. The van der Waals surface area contributed by atoms with Gasteiger partial charge in [-0.15, -0.1) is 0 Å².